The number of benzene rings is 2. The van der Waals surface area contributed by atoms with E-state index in [1.807, 2.05) is 24.3 Å². The van der Waals surface area contributed by atoms with Gasteiger partial charge >= 0.3 is 0 Å². The Morgan fingerprint density at radius 1 is 1.07 bits per heavy atom. The summed E-state index contributed by atoms with van der Waals surface area (Å²) < 4.78 is 0. The van der Waals surface area contributed by atoms with Crippen LogP contribution in [0.1, 0.15) is 75.9 Å². The third-order valence-electron chi connectivity index (χ3n) is 9.90. The lowest BCUT2D eigenvalue weighted by atomic mass is 9.44. The number of Topliss-reactive ketones (excluding diaryl/α,β-unsaturated/α-hetero) is 3. The van der Waals surface area contributed by atoms with Crippen LogP contribution in [0.25, 0.3) is 17.2 Å². The molecule has 0 radical (unpaired) electrons. The number of carbonyl (C=O) groups excluding carboxylic acids is 4. The fraction of sp³-hybridized carbons (Fsp3) is 0.389. The molecule has 0 aliphatic heterocycles. The van der Waals surface area contributed by atoms with Crippen LogP contribution in [0.15, 0.2) is 65.1 Å². The van der Waals surface area contributed by atoms with Crippen LogP contribution in [0.4, 0.5) is 0 Å². The SMILES string of the molecule is CCC(=O)/C=C/c1cccc(-c2ccc(O)c3c2C[C@]2(C)C[C@]4(C)C(C(C)C)C(O)=C(C(C)=O)C(=O)[C@]4(O)C(O)=C2C3=O)c1. The summed E-state index contributed by atoms with van der Waals surface area (Å²) in [7, 11) is 0. The van der Waals surface area contributed by atoms with Crippen LogP contribution < -0.4 is 0 Å². The number of hydrogen-bond donors (Lipinski definition) is 4. The van der Waals surface area contributed by atoms with Crippen LogP contribution in [-0.2, 0) is 20.8 Å². The molecule has 8 nitrogen and oxygen atoms in total. The fourth-order valence-corrected chi connectivity index (χ4v) is 8.12. The molecule has 4 atom stereocenters. The first-order valence-corrected chi connectivity index (χ1v) is 14.9. The standard InChI is InChI=1S/C36H38O8/c1-7-22(38)12-11-20-9-8-10-21(15-20)23-13-14-25(39)27-24(23)16-34(5)17-35(6)28(18(2)3)30(40)26(19(4)37)32(42)36(35,44)33(43)29(34)31(27)41/h8-15,18,28,39-40,43-44H,7,16-17H2,1-6H3/b12-11+/t28?,34-,35-,36+/m1/s1. The van der Waals surface area contributed by atoms with E-state index in [2.05, 4.69) is 0 Å². The Morgan fingerprint density at radius 2 is 1.75 bits per heavy atom. The molecule has 0 bridgehead atoms. The van der Waals surface area contributed by atoms with Crippen LogP contribution >= 0.6 is 0 Å². The summed E-state index contributed by atoms with van der Waals surface area (Å²) >= 11 is 0. The van der Waals surface area contributed by atoms with Gasteiger partial charge < -0.3 is 20.4 Å². The van der Waals surface area contributed by atoms with Crippen molar-refractivity contribution in [3.63, 3.8) is 0 Å². The fourth-order valence-electron chi connectivity index (χ4n) is 8.12. The molecule has 0 spiro atoms. The third-order valence-corrected chi connectivity index (χ3v) is 9.90. The topological polar surface area (TPSA) is 149 Å². The molecular weight excluding hydrogens is 560 g/mol. The zero-order chi connectivity index (χ0) is 32.5. The minimum atomic E-state index is -2.65. The number of aliphatic hydroxyl groups is 3. The molecule has 0 saturated carbocycles. The van der Waals surface area contributed by atoms with Gasteiger partial charge in [-0.2, -0.15) is 0 Å². The van der Waals surface area contributed by atoms with Crippen LogP contribution in [0, 0.1) is 22.7 Å². The summed E-state index contributed by atoms with van der Waals surface area (Å²) in [6.07, 6.45) is 3.80. The van der Waals surface area contributed by atoms with E-state index in [1.54, 1.807) is 46.8 Å². The highest BCUT2D eigenvalue weighted by Crippen LogP contribution is 2.65. The minimum Gasteiger partial charge on any atom is -0.511 e. The highest BCUT2D eigenvalue weighted by atomic mass is 16.3. The van der Waals surface area contributed by atoms with Gasteiger partial charge in [0.15, 0.2) is 23.0 Å². The Labute approximate surface area is 256 Å². The minimum absolute atomic E-state index is 0.0157. The van der Waals surface area contributed by atoms with Gasteiger partial charge in [-0.1, -0.05) is 65.0 Å². The van der Waals surface area contributed by atoms with E-state index in [1.165, 1.54) is 12.1 Å². The second-order valence-corrected chi connectivity index (χ2v) is 13.2. The van der Waals surface area contributed by atoms with Crippen LogP contribution in [0.3, 0.4) is 0 Å². The molecule has 0 heterocycles. The quantitative estimate of drug-likeness (QED) is 0.233. The number of phenols is 1. The van der Waals surface area contributed by atoms with E-state index in [9.17, 15) is 39.6 Å². The van der Waals surface area contributed by atoms with E-state index in [0.717, 1.165) is 18.1 Å². The number of rotatable bonds is 6. The molecule has 8 heteroatoms. The van der Waals surface area contributed by atoms with Gasteiger partial charge in [0.05, 0.1) is 5.56 Å². The lowest BCUT2D eigenvalue weighted by Crippen LogP contribution is -2.67. The van der Waals surface area contributed by atoms with Gasteiger partial charge in [-0.15, -0.1) is 0 Å². The molecule has 1 unspecified atom stereocenters. The lowest BCUT2D eigenvalue weighted by molar-refractivity contribution is -0.171. The van der Waals surface area contributed by atoms with Gasteiger partial charge in [-0.3, -0.25) is 19.2 Å². The van der Waals surface area contributed by atoms with Crippen molar-refractivity contribution in [1.82, 2.24) is 0 Å². The Kier molecular flexibility index (Phi) is 7.36. The van der Waals surface area contributed by atoms with Crippen molar-refractivity contribution >= 4 is 29.2 Å². The van der Waals surface area contributed by atoms with Crippen molar-refractivity contribution in [3.05, 3.63) is 81.8 Å². The number of allylic oxidation sites excluding steroid dienone is 3. The zero-order valence-corrected chi connectivity index (χ0v) is 25.8. The largest absolute Gasteiger partial charge is 0.511 e. The summed E-state index contributed by atoms with van der Waals surface area (Å²) in [5.74, 6) is -5.44. The normalized spacial score (nSPS) is 28.3. The number of phenolic OH excluding ortho intramolecular Hbond substituents is 1. The molecule has 2 aromatic carbocycles. The highest BCUT2D eigenvalue weighted by molar-refractivity contribution is 6.25. The maximum atomic E-state index is 14.3. The number of carbonyl (C=O) groups is 4. The number of aromatic hydroxyl groups is 1. The van der Waals surface area contributed by atoms with E-state index in [4.69, 9.17) is 0 Å². The van der Waals surface area contributed by atoms with Gasteiger partial charge in [-0.05, 0) is 66.1 Å². The molecule has 2 aromatic rings. The molecule has 230 valence electrons. The molecule has 0 aromatic heterocycles. The molecule has 3 aliphatic rings. The number of aliphatic hydroxyl groups excluding tert-OH is 2. The Balaban J connectivity index is 1.74. The second kappa shape index (κ2) is 10.4. The zero-order valence-electron chi connectivity index (χ0n) is 25.8. The molecular formula is C36H38O8. The van der Waals surface area contributed by atoms with Crippen molar-refractivity contribution in [1.29, 1.82) is 0 Å². The van der Waals surface area contributed by atoms with E-state index < -0.39 is 56.8 Å². The number of hydrogen-bond acceptors (Lipinski definition) is 8. The van der Waals surface area contributed by atoms with E-state index in [0.29, 0.717) is 17.5 Å². The van der Waals surface area contributed by atoms with Crippen molar-refractivity contribution in [2.45, 2.75) is 66.4 Å². The monoisotopic (exact) mass is 598 g/mol. The van der Waals surface area contributed by atoms with Gasteiger partial charge in [0.2, 0.25) is 5.78 Å². The maximum Gasteiger partial charge on any atom is 0.209 e. The average Bonchev–Trinajstić information content (AvgIpc) is 2.93. The van der Waals surface area contributed by atoms with Gasteiger partial charge in [0.25, 0.3) is 0 Å². The Hall–Kier alpha value is -4.30. The van der Waals surface area contributed by atoms with Crippen LogP contribution in [-0.4, -0.2) is 49.2 Å². The first-order chi connectivity index (χ1) is 20.5. The van der Waals surface area contributed by atoms with Crippen molar-refractivity contribution in [2.75, 3.05) is 0 Å². The lowest BCUT2D eigenvalue weighted by Gasteiger charge is -2.59. The second-order valence-electron chi connectivity index (χ2n) is 13.2. The number of ketones is 4. The van der Waals surface area contributed by atoms with Gasteiger partial charge in [0.1, 0.15) is 22.8 Å². The van der Waals surface area contributed by atoms with Crippen LogP contribution in [0.2, 0.25) is 0 Å². The van der Waals surface area contributed by atoms with E-state index >= 15 is 0 Å². The van der Waals surface area contributed by atoms with Crippen LogP contribution in [0.5, 0.6) is 5.75 Å². The first-order valence-electron chi connectivity index (χ1n) is 14.9. The summed E-state index contributed by atoms with van der Waals surface area (Å²) in [6.45, 7) is 9.87. The third kappa shape index (κ3) is 4.22. The van der Waals surface area contributed by atoms with Gasteiger partial charge in [-0.25, -0.2) is 0 Å². The van der Waals surface area contributed by atoms with Crippen molar-refractivity contribution < 1.29 is 39.6 Å². The maximum absolute atomic E-state index is 14.3. The van der Waals surface area contributed by atoms with E-state index in [-0.39, 0.29) is 41.4 Å². The summed E-state index contributed by atoms with van der Waals surface area (Å²) in [5, 5.41) is 46.3. The summed E-state index contributed by atoms with van der Waals surface area (Å²) in [5.41, 5.74) is -3.33. The van der Waals surface area contributed by atoms with Crippen molar-refractivity contribution in [3.8, 4) is 16.9 Å². The molecule has 4 N–H and O–H groups in total. The Bertz CT molecular complexity index is 1740. The molecule has 0 saturated heterocycles. The molecule has 5 rings (SSSR count). The average molecular weight is 599 g/mol. The Morgan fingerprint density at radius 3 is 2.36 bits per heavy atom. The first kappa shape index (κ1) is 31.1. The highest BCUT2D eigenvalue weighted by Gasteiger charge is 2.71. The predicted octanol–water partition coefficient (Wildman–Crippen LogP) is 6.01. The van der Waals surface area contributed by atoms with Crippen molar-refractivity contribution in [2.24, 2.45) is 22.7 Å². The number of fused-ring (bicyclic) bond motifs is 3. The predicted molar refractivity (Wildman–Crippen MR) is 165 cm³/mol. The smallest absolute Gasteiger partial charge is 0.209 e. The molecule has 0 amide bonds. The molecule has 0 fully saturated rings. The summed E-state index contributed by atoms with van der Waals surface area (Å²) in [6, 6.07) is 10.5. The van der Waals surface area contributed by atoms with Gasteiger partial charge in [0, 0.05) is 28.7 Å². The summed E-state index contributed by atoms with van der Waals surface area (Å²) in [4.78, 5) is 52.5. The molecule has 3 aliphatic carbocycles. The molecule has 44 heavy (non-hydrogen) atoms.